The van der Waals surface area contributed by atoms with Crippen LogP contribution in [0.2, 0.25) is 0 Å². The predicted molar refractivity (Wildman–Crippen MR) is 119 cm³/mol. The first-order chi connectivity index (χ1) is 13.6. The molecule has 2 saturated heterocycles. The largest absolute Gasteiger partial charge is 0.427 e. The van der Waals surface area contributed by atoms with E-state index in [1.165, 1.54) is 0 Å². The number of carbonyl (C=O) groups is 1. The highest BCUT2D eigenvalue weighted by Gasteiger charge is 2.28. The normalized spacial score (nSPS) is 18.9. The standard InChI is InChI=1S/C20H25N5O3.2ClH/c1-14-12-16(15-4-2-5-21-13-15)28-19(27)17(14)18(26)24-8-10-25(11-9-24)20-22-6-3-7-23-20;;/h3,6-7,12,15,21H,2,4-5,8-11,13H2,1H3;2*1H. The number of halogens is 2. The summed E-state index contributed by atoms with van der Waals surface area (Å²) in [5.41, 5.74) is 0.312. The number of aryl methyl sites for hydroxylation is 1. The van der Waals surface area contributed by atoms with Crippen molar-refractivity contribution in [2.45, 2.75) is 25.7 Å². The van der Waals surface area contributed by atoms with Gasteiger partial charge in [-0.15, -0.1) is 24.8 Å². The third-order valence-electron chi connectivity index (χ3n) is 5.48. The van der Waals surface area contributed by atoms with Crippen LogP contribution in [0.15, 0.2) is 33.7 Å². The number of amides is 1. The van der Waals surface area contributed by atoms with Crippen LogP contribution >= 0.6 is 24.8 Å². The lowest BCUT2D eigenvalue weighted by Crippen LogP contribution is -2.50. The van der Waals surface area contributed by atoms with Gasteiger partial charge in [-0.3, -0.25) is 4.79 Å². The molecule has 2 aliphatic heterocycles. The number of carbonyl (C=O) groups excluding carboxylic acids is 1. The molecule has 1 amide bonds. The fourth-order valence-corrected chi connectivity index (χ4v) is 3.91. The fourth-order valence-electron chi connectivity index (χ4n) is 3.91. The van der Waals surface area contributed by atoms with Crippen molar-refractivity contribution >= 4 is 36.7 Å². The molecule has 0 bridgehead atoms. The van der Waals surface area contributed by atoms with Gasteiger partial charge in [0.05, 0.1) is 0 Å². The zero-order valence-electron chi connectivity index (χ0n) is 16.9. The van der Waals surface area contributed by atoms with E-state index in [1.54, 1.807) is 23.4 Å². The lowest BCUT2D eigenvalue weighted by molar-refractivity contribution is 0.0740. The van der Waals surface area contributed by atoms with Crippen LogP contribution in [0.4, 0.5) is 5.95 Å². The summed E-state index contributed by atoms with van der Waals surface area (Å²) in [6.07, 6.45) is 5.46. The summed E-state index contributed by atoms with van der Waals surface area (Å²) < 4.78 is 5.56. The summed E-state index contributed by atoms with van der Waals surface area (Å²) in [5, 5.41) is 3.33. The molecule has 2 fully saturated rings. The van der Waals surface area contributed by atoms with Gasteiger partial charge in [-0.1, -0.05) is 0 Å². The summed E-state index contributed by atoms with van der Waals surface area (Å²) in [7, 11) is 0. The van der Waals surface area contributed by atoms with E-state index in [0.29, 0.717) is 43.5 Å². The first-order valence-corrected chi connectivity index (χ1v) is 9.80. The summed E-state index contributed by atoms with van der Waals surface area (Å²) in [5.74, 6) is 1.28. The van der Waals surface area contributed by atoms with E-state index in [2.05, 4.69) is 15.3 Å². The van der Waals surface area contributed by atoms with E-state index in [-0.39, 0.29) is 42.2 Å². The van der Waals surface area contributed by atoms with Gasteiger partial charge in [0.25, 0.3) is 5.91 Å². The maximum Gasteiger partial charge on any atom is 0.349 e. The van der Waals surface area contributed by atoms with Crippen molar-refractivity contribution in [3.05, 3.63) is 51.8 Å². The minimum Gasteiger partial charge on any atom is -0.427 e. The minimum atomic E-state index is -0.528. The van der Waals surface area contributed by atoms with Crippen LogP contribution in [0.3, 0.4) is 0 Å². The number of rotatable bonds is 3. The van der Waals surface area contributed by atoms with E-state index in [1.807, 2.05) is 17.9 Å². The lowest BCUT2D eigenvalue weighted by atomic mass is 9.95. The Morgan fingerprint density at radius 2 is 1.87 bits per heavy atom. The van der Waals surface area contributed by atoms with Crippen molar-refractivity contribution in [1.82, 2.24) is 20.2 Å². The van der Waals surface area contributed by atoms with Crippen molar-refractivity contribution in [3.63, 3.8) is 0 Å². The average molecular weight is 456 g/mol. The first kappa shape index (κ1) is 24.1. The molecule has 8 nitrogen and oxygen atoms in total. The molecule has 0 radical (unpaired) electrons. The van der Waals surface area contributed by atoms with Crippen LogP contribution in [0, 0.1) is 6.92 Å². The summed E-state index contributed by atoms with van der Waals surface area (Å²) in [6.45, 7) is 5.92. The van der Waals surface area contributed by atoms with E-state index >= 15 is 0 Å². The molecule has 1 N–H and O–H groups in total. The van der Waals surface area contributed by atoms with Crippen LogP contribution < -0.4 is 15.8 Å². The molecular weight excluding hydrogens is 429 g/mol. The SMILES string of the molecule is Cc1cc(C2CCCNC2)oc(=O)c1C(=O)N1CCN(c2ncccn2)CC1.Cl.Cl. The number of nitrogens with zero attached hydrogens (tertiary/aromatic N) is 4. The Morgan fingerprint density at radius 1 is 1.17 bits per heavy atom. The topological polar surface area (TPSA) is 91.6 Å². The Bertz CT molecular complexity index is 895. The molecule has 1 atom stereocenters. The molecule has 30 heavy (non-hydrogen) atoms. The summed E-state index contributed by atoms with van der Waals surface area (Å²) >= 11 is 0. The molecule has 0 aliphatic carbocycles. The van der Waals surface area contributed by atoms with Crippen molar-refractivity contribution in [1.29, 1.82) is 0 Å². The number of hydrogen-bond acceptors (Lipinski definition) is 7. The molecule has 164 valence electrons. The maximum atomic E-state index is 13.0. The molecule has 0 saturated carbocycles. The summed E-state index contributed by atoms with van der Waals surface area (Å²) in [4.78, 5) is 37.8. The van der Waals surface area contributed by atoms with Gasteiger partial charge in [0.1, 0.15) is 11.3 Å². The van der Waals surface area contributed by atoms with E-state index in [4.69, 9.17) is 4.42 Å². The number of piperidine rings is 1. The van der Waals surface area contributed by atoms with Gasteiger partial charge in [-0.05, 0) is 44.0 Å². The molecule has 1 unspecified atom stereocenters. The van der Waals surface area contributed by atoms with Gasteiger partial charge < -0.3 is 19.5 Å². The van der Waals surface area contributed by atoms with E-state index < -0.39 is 5.63 Å². The Labute approximate surface area is 187 Å². The van der Waals surface area contributed by atoms with Crippen molar-refractivity contribution in [2.24, 2.45) is 0 Å². The van der Waals surface area contributed by atoms with E-state index in [0.717, 1.165) is 25.9 Å². The van der Waals surface area contributed by atoms with Crippen LogP contribution in [0.1, 0.15) is 40.4 Å². The molecule has 10 heteroatoms. The van der Waals surface area contributed by atoms with Gasteiger partial charge >= 0.3 is 5.63 Å². The van der Waals surface area contributed by atoms with Crippen LogP contribution in [0.25, 0.3) is 0 Å². The van der Waals surface area contributed by atoms with Gasteiger partial charge in [0, 0.05) is 51.0 Å². The van der Waals surface area contributed by atoms with Gasteiger partial charge in [0.2, 0.25) is 5.95 Å². The molecule has 2 aromatic rings. The number of nitrogens with one attached hydrogen (secondary N) is 1. The highest BCUT2D eigenvalue weighted by Crippen LogP contribution is 2.24. The van der Waals surface area contributed by atoms with Crippen molar-refractivity contribution in [2.75, 3.05) is 44.2 Å². The second-order valence-electron chi connectivity index (χ2n) is 7.37. The predicted octanol–water partition coefficient (Wildman–Crippen LogP) is 2.01. The molecule has 2 aromatic heterocycles. The van der Waals surface area contributed by atoms with E-state index in [9.17, 15) is 9.59 Å². The molecule has 2 aliphatic rings. The molecular formula is C20H27Cl2N5O3. The number of aromatic nitrogens is 2. The minimum absolute atomic E-state index is 0. The molecule has 4 heterocycles. The Hall–Kier alpha value is -2.16. The highest BCUT2D eigenvalue weighted by atomic mass is 35.5. The molecule has 4 rings (SSSR count). The Balaban J connectivity index is 0.00000160. The van der Waals surface area contributed by atoms with Crippen LogP contribution in [-0.4, -0.2) is 60.0 Å². The Morgan fingerprint density at radius 3 is 2.47 bits per heavy atom. The second kappa shape index (κ2) is 10.7. The number of hydrogen-bond donors (Lipinski definition) is 1. The highest BCUT2D eigenvalue weighted by molar-refractivity contribution is 5.95. The maximum absolute atomic E-state index is 13.0. The fraction of sp³-hybridized carbons (Fsp3) is 0.500. The lowest BCUT2D eigenvalue weighted by Gasteiger charge is -2.34. The third kappa shape index (κ3) is 5.11. The van der Waals surface area contributed by atoms with Crippen LogP contribution in [-0.2, 0) is 0 Å². The van der Waals surface area contributed by atoms with Gasteiger partial charge in [-0.2, -0.15) is 0 Å². The third-order valence-corrected chi connectivity index (χ3v) is 5.48. The monoisotopic (exact) mass is 455 g/mol. The quantitative estimate of drug-likeness (QED) is 0.756. The number of anilines is 1. The van der Waals surface area contributed by atoms with Gasteiger partial charge in [-0.25, -0.2) is 14.8 Å². The zero-order valence-corrected chi connectivity index (χ0v) is 18.5. The first-order valence-electron chi connectivity index (χ1n) is 9.80. The molecule has 0 aromatic carbocycles. The summed E-state index contributed by atoms with van der Waals surface area (Å²) in [6, 6.07) is 3.64. The smallest absolute Gasteiger partial charge is 0.349 e. The molecule has 0 spiro atoms. The van der Waals surface area contributed by atoms with Crippen molar-refractivity contribution in [3.8, 4) is 0 Å². The Kier molecular flexibility index (Phi) is 8.64. The number of piperazine rings is 1. The average Bonchev–Trinajstić information content (AvgIpc) is 2.74. The van der Waals surface area contributed by atoms with Crippen LogP contribution in [0.5, 0.6) is 0 Å². The second-order valence-corrected chi connectivity index (χ2v) is 7.37. The van der Waals surface area contributed by atoms with Gasteiger partial charge in [0.15, 0.2) is 0 Å². The zero-order chi connectivity index (χ0) is 19.5. The van der Waals surface area contributed by atoms with Crippen molar-refractivity contribution < 1.29 is 9.21 Å².